The molecule has 0 saturated heterocycles. The number of carbonyl (C=O) groups excluding carboxylic acids is 2. The summed E-state index contributed by atoms with van der Waals surface area (Å²) in [6.07, 6.45) is 0.718. The molecule has 4 aromatic rings. The van der Waals surface area contributed by atoms with Gasteiger partial charge in [-0.05, 0) is 71.8 Å². The maximum absolute atomic E-state index is 12.4. The smallest absolute Gasteiger partial charge is 0.343 e. The Bertz CT molecular complexity index is 1370. The van der Waals surface area contributed by atoms with Crippen LogP contribution < -0.4 is 19.6 Å². The van der Waals surface area contributed by atoms with Gasteiger partial charge in [0.25, 0.3) is 5.91 Å². The molecule has 0 spiro atoms. The van der Waals surface area contributed by atoms with E-state index < -0.39 is 18.0 Å². The van der Waals surface area contributed by atoms with Crippen LogP contribution in [0.5, 0.6) is 17.2 Å². The van der Waals surface area contributed by atoms with Crippen LogP contribution in [-0.2, 0) is 4.79 Å². The fraction of sp³-hybridized carbons (Fsp3) is 0.107. The molecule has 1 N–H and O–H groups in total. The van der Waals surface area contributed by atoms with E-state index in [1.165, 1.54) is 6.21 Å². The highest BCUT2D eigenvalue weighted by atomic mass is 16.5. The van der Waals surface area contributed by atoms with Crippen LogP contribution in [0.1, 0.15) is 22.8 Å². The van der Waals surface area contributed by atoms with E-state index in [9.17, 15) is 9.59 Å². The lowest BCUT2D eigenvalue weighted by Crippen LogP contribution is -2.33. The molecule has 0 bridgehead atoms. The van der Waals surface area contributed by atoms with Crippen molar-refractivity contribution >= 4 is 28.9 Å². The Morgan fingerprint density at radius 2 is 1.57 bits per heavy atom. The molecule has 7 heteroatoms. The largest absolute Gasteiger partial charge is 0.497 e. The molecule has 0 saturated carbocycles. The molecule has 0 aliphatic carbocycles. The maximum Gasteiger partial charge on any atom is 0.343 e. The minimum atomic E-state index is -0.745. The molecule has 4 rings (SSSR count). The van der Waals surface area contributed by atoms with Crippen LogP contribution in [0.4, 0.5) is 0 Å². The fourth-order valence-corrected chi connectivity index (χ4v) is 3.31. The lowest BCUT2D eigenvalue weighted by molar-refractivity contribution is -0.127. The quantitative estimate of drug-likeness (QED) is 0.171. The molecule has 7 nitrogen and oxygen atoms in total. The van der Waals surface area contributed by atoms with Gasteiger partial charge in [-0.1, -0.05) is 42.5 Å². The summed E-state index contributed by atoms with van der Waals surface area (Å²) in [6.45, 7) is 1.65. The van der Waals surface area contributed by atoms with Gasteiger partial charge >= 0.3 is 5.97 Å². The molecule has 0 aliphatic rings. The molecule has 0 unspecified atom stereocenters. The average Bonchev–Trinajstić information content (AvgIpc) is 2.88. The summed E-state index contributed by atoms with van der Waals surface area (Å²) in [6, 6.07) is 27.0. The molecule has 0 aliphatic heterocycles. The summed E-state index contributed by atoms with van der Waals surface area (Å²) in [5.74, 6) is 0.723. The molecule has 1 amide bonds. The average molecular weight is 469 g/mol. The summed E-state index contributed by atoms with van der Waals surface area (Å²) < 4.78 is 16.3. The topological polar surface area (TPSA) is 86.2 Å². The molecule has 0 fully saturated rings. The van der Waals surface area contributed by atoms with Crippen LogP contribution in [0.15, 0.2) is 96.1 Å². The van der Waals surface area contributed by atoms with E-state index in [2.05, 4.69) is 10.5 Å². The van der Waals surface area contributed by atoms with Crippen molar-refractivity contribution < 1.29 is 23.8 Å². The van der Waals surface area contributed by atoms with E-state index in [4.69, 9.17) is 14.2 Å². The number of hydrogen-bond donors (Lipinski definition) is 1. The number of carbonyl (C=O) groups is 2. The Hall–Kier alpha value is -4.65. The van der Waals surface area contributed by atoms with Gasteiger partial charge in [-0.15, -0.1) is 0 Å². The van der Waals surface area contributed by atoms with Crippen molar-refractivity contribution in [3.63, 3.8) is 0 Å². The normalized spacial score (nSPS) is 11.7. The number of amides is 1. The first-order valence-electron chi connectivity index (χ1n) is 11.0. The second-order valence-electron chi connectivity index (χ2n) is 7.69. The van der Waals surface area contributed by atoms with Crippen LogP contribution in [0, 0.1) is 0 Å². The summed E-state index contributed by atoms with van der Waals surface area (Å²) in [7, 11) is 1.56. The lowest BCUT2D eigenvalue weighted by atomic mass is 10.1. The van der Waals surface area contributed by atoms with Crippen molar-refractivity contribution in [2.45, 2.75) is 13.0 Å². The summed E-state index contributed by atoms with van der Waals surface area (Å²) >= 11 is 0. The highest BCUT2D eigenvalue weighted by Crippen LogP contribution is 2.21. The number of ether oxygens (including phenoxy) is 3. The number of hydrogen-bond acceptors (Lipinski definition) is 6. The van der Waals surface area contributed by atoms with E-state index in [0.717, 1.165) is 10.8 Å². The molecule has 1 atom stereocenters. The van der Waals surface area contributed by atoms with E-state index in [1.807, 2.05) is 42.5 Å². The van der Waals surface area contributed by atoms with Crippen molar-refractivity contribution in [3.8, 4) is 17.2 Å². The molecule has 35 heavy (non-hydrogen) atoms. The number of fused-ring (bicyclic) bond motifs is 1. The second-order valence-corrected chi connectivity index (χ2v) is 7.69. The third-order valence-electron chi connectivity index (χ3n) is 5.19. The number of benzene rings is 4. The maximum atomic E-state index is 12.4. The minimum absolute atomic E-state index is 0.356. The van der Waals surface area contributed by atoms with Gasteiger partial charge in [-0.2, -0.15) is 5.10 Å². The van der Waals surface area contributed by atoms with E-state index >= 15 is 0 Å². The zero-order chi connectivity index (χ0) is 24.6. The van der Waals surface area contributed by atoms with Crippen molar-refractivity contribution in [1.29, 1.82) is 0 Å². The first kappa shape index (κ1) is 23.5. The third kappa shape index (κ3) is 6.23. The van der Waals surface area contributed by atoms with Gasteiger partial charge in [0.1, 0.15) is 17.2 Å². The number of esters is 1. The number of rotatable bonds is 8. The van der Waals surface area contributed by atoms with Crippen LogP contribution in [0.3, 0.4) is 0 Å². The zero-order valence-electron chi connectivity index (χ0n) is 19.3. The van der Waals surface area contributed by atoms with Gasteiger partial charge in [0.2, 0.25) is 0 Å². The molecule has 4 aromatic carbocycles. The molecule has 0 radical (unpaired) electrons. The minimum Gasteiger partial charge on any atom is -0.497 e. The van der Waals surface area contributed by atoms with Crippen LogP contribution in [0.25, 0.3) is 10.8 Å². The van der Waals surface area contributed by atoms with E-state index in [0.29, 0.717) is 28.4 Å². The fourth-order valence-electron chi connectivity index (χ4n) is 3.31. The first-order valence-corrected chi connectivity index (χ1v) is 11.0. The van der Waals surface area contributed by atoms with E-state index in [1.54, 1.807) is 62.6 Å². The van der Waals surface area contributed by atoms with Gasteiger partial charge in [-0.3, -0.25) is 4.79 Å². The number of methoxy groups -OCH3 is 1. The van der Waals surface area contributed by atoms with E-state index in [-0.39, 0.29) is 0 Å². The van der Waals surface area contributed by atoms with Crippen molar-refractivity contribution in [2.75, 3.05) is 7.11 Å². The van der Waals surface area contributed by atoms with Crippen molar-refractivity contribution in [2.24, 2.45) is 5.10 Å². The Kier molecular flexibility index (Phi) is 7.37. The van der Waals surface area contributed by atoms with Gasteiger partial charge in [0.05, 0.1) is 18.9 Å². The predicted molar refractivity (Wildman–Crippen MR) is 134 cm³/mol. The summed E-state index contributed by atoms with van der Waals surface area (Å²) in [5.41, 5.74) is 3.52. The molecule has 0 aromatic heterocycles. The highest BCUT2D eigenvalue weighted by molar-refractivity contribution is 5.91. The van der Waals surface area contributed by atoms with Crippen molar-refractivity contribution in [1.82, 2.24) is 5.43 Å². The Morgan fingerprint density at radius 3 is 2.34 bits per heavy atom. The molecular weight excluding hydrogens is 444 g/mol. The SMILES string of the molecule is COc1ccc(C(=O)Oc2cccc(/C=N\NC(=O)[C@@H](C)Oc3ccc4ccccc4c3)c2)cc1. The van der Waals surface area contributed by atoms with Crippen LogP contribution in [0.2, 0.25) is 0 Å². The predicted octanol–water partition coefficient (Wildman–Crippen LogP) is 4.99. The molecule has 176 valence electrons. The monoisotopic (exact) mass is 468 g/mol. The van der Waals surface area contributed by atoms with Crippen LogP contribution in [-0.4, -0.2) is 31.3 Å². The van der Waals surface area contributed by atoms with Gasteiger partial charge in [0.15, 0.2) is 6.10 Å². The summed E-state index contributed by atoms with van der Waals surface area (Å²) in [5, 5.41) is 6.12. The standard InChI is InChI=1S/C28H24N2O5/c1-19(34-26-15-10-21-7-3-4-8-23(21)17-26)27(31)30-29-18-20-6-5-9-25(16-20)35-28(32)22-11-13-24(33-2)14-12-22/h3-19H,1-2H3,(H,30,31)/b29-18-/t19-/m1/s1. The zero-order valence-corrected chi connectivity index (χ0v) is 19.3. The highest BCUT2D eigenvalue weighted by Gasteiger charge is 2.14. The molecule has 0 heterocycles. The van der Waals surface area contributed by atoms with Crippen LogP contribution >= 0.6 is 0 Å². The van der Waals surface area contributed by atoms with Gasteiger partial charge in [0, 0.05) is 0 Å². The summed E-state index contributed by atoms with van der Waals surface area (Å²) in [4.78, 5) is 24.7. The van der Waals surface area contributed by atoms with Crippen molar-refractivity contribution in [3.05, 3.63) is 102 Å². The first-order chi connectivity index (χ1) is 17.0. The Morgan fingerprint density at radius 1 is 0.829 bits per heavy atom. The second kappa shape index (κ2) is 11.0. The van der Waals surface area contributed by atoms with Gasteiger partial charge < -0.3 is 14.2 Å². The van der Waals surface area contributed by atoms with Gasteiger partial charge in [-0.25, -0.2) is 10.2 Å². The Balaban J connectivity index is 1.32. The Labute approximate surface area is 202 Å². The molecular formula is C28H24N2O5. The lowest BCUT2D eigenvalue weighted by Gasteiger charge is -2.13. The number of nitrogens with zero attached hydrogens (tertiary/aromatic N) is 1. The number of hydrazone groups is 1. The third-order valence-corrected chi connectivity index (χ3v) is 5.19. The number of nitrogens with one attached hydrogen (secondary N) is 1.